The molecule has 0 heterocycles. The monoisotopic (exact) mass is 293 g/mol. The molecule has 0 aliphatic carbocycles. The molecule has 98 valence electrons. The first-order chi connectivity index (χ1) is 9.11. The largest absolute Gasteiger partial charge is 0.493 e. The Hall–Kier alpha value is -1.78. The number of hydrogen-bond acceptors (Lipinski definition) is 3. The van der Waals surface area contributed by atoms with Gasteiger partial charge in [-0.3, -0.25) is 0 Å². The lowest BCUT2D eigenvalue weighted by molar-refractivity contribution is 0.379. The van der Waals surface area contributed by atoms with Crippen LogP contribution in [0.5, 0.6) is 17.2 Å². The molecule has 0 spiro atoms. The Morgan fingerprint density at radius 1 is 1.11 bits per heavy atom. The third-order valence-electron chi connectivity index (χ3n) is 2.51. The summed E-state index contributed by atoms with van der Waals surface area (Å²) in [7, 11) is 1.58. The minimum Gasteiger partial charge on any atom is -0.493 e. The molecule has 0 radical (unpaired) electrons. The first-order valence-corrected chi connectivity index (χ1v) is 6.30. The van der Waals surface area contributed by atoms with Crippen LogP contribution < -0.4 is 15.2 Å². The van der Waals surface area contributed by atoms with Crippen LogP contribution in [0.2, 0.25) is 5.02 Å². The minimum absolute atomic E-state index is 0.297. The number of para-hydroxylation sites is 2. The summed E-state index contributed by atoms with van der Waals surface area (Å²) < 4.78 is 10.9. The average Bonchev–Trinajstić information content (AvgIpc) is 2.41. The van der Waals surface area contributed by atoms with E-state index < -0.39 is 0 Å². The van der Waals surface area contributed by atoms with E-state index in [1.165, 1.54) is 0 Å². The van der Waals surface area contributed by atoms with Crippen molar-refractivity contribution in [3.8, 4) is 17.2 Å². The summed E-state index contributed by atoms with van der Waals surface area (Å²) >= 11 is 11.0. The molecule has 0 aliphatic rings. The first-order valence-electron chi connectivity index (χ1n) is 5.52. The maximum atomic E-state index is 6.14. The SMILES string of the molecule is COc1ccccc1Oc1ccc(C(N)=S)cc1Cl. The number of rotatable bonds is 4. The molecule has 5 heteroatoms. The highest BCUT2D eigenvalue weighted by atomic mass is 35.5. The second-order valence-corrected chi connectivity index (χ2v) is 4.61. The van der Waals surface area contributed by atoms with Gasteiger partial charge in [-0.2, -0.15) is 0 Å². The van der Waals surface area contributed by atoms with E-state index in [1.54, 1.807) is 31.4 Å². The normalized spacial score (nSPS) is 10.0. The Kier molecular flexibility index (Phi) is 4.24. The summed E-state index contributed by atoms with van der Waals surface area (Å²) in [5, 5.41) is 0.441. The van der Waals surface area contributed by atoms with Crippen molar-refractivity contribution in [2.24, 2.45) is 5.73 Å². The lowest BCUT2D eigenvalue weighted by Gasteiger charge is -2.11. The van der Waals surface area contributed by atoms with E-state index in [1.807, 2.05) is 18.2 Å². The van der Waals surface area contributed by atoms with Crippen molar-refractivity contribution in [3.63, 3.8) is 0 Å². The van der Waals surface area contributed by atoms with E-state index in [4.69, 9.17) is 39.0 Å². The summed E-state index contributed by atoms with van der Waals surface area (Å²) in [5.41, 5.74) is 6.24. The second kappa shape index (κ2) is 5.91. The summed E-state index contributed by atoms with van der Waals surface area (Å²) in [6.45, 7) is 0. The molecule has 0 aromatic heterocycles. The summed E-state index contributed by atoms with van der Waals surface area (Å²) in [5.74, 6) is 1.75. The zero-order valence-corrected chi connectivity index (χ0v) is 11.8. The molecule has 19 heavy (non-hydrogen) atoms. The van der Waals surface area contributed by atoms with Gasteiger partial charge in [-0.1, -0.05) is 36.0 Å². The van der Waals surface area contributed by atoms with Crippen LogP contribution in [-0.4, -0.2) is 12.1 Å². The predicted octanol–water partition coefficient (Wildman–Crippen LogP) is 3.78. The molecule has 0 aliphatic heterocycles. The predicted molar refractivity (Wildman–Crippen MR) is 80.4 cm³/mol. The van der Waals surface area contributed by atoms with Gasteiger partial charge in [-0.25, -0.2) is 0 Å². The van der Waals surface area contributed by atoms with Gasteiger partial charge < -0.3 is 15.2 Å². The summed E-state index contributed by atoms with van der Waals surface area (Å²) in [6, 6.07) is 12.5. The van der Waals surface area contributed by atoms with Gasteiger partial charge in [0.2, 0.25) is 0 Å². The lowest BCUT2D eigenvalue weighted by Crippen LogP contribution is -2.08. The quantitative estimate of drug-likeness (QED) is 0.872. The van der Waals surface area contributed by atoms with Gasteiger partial charge >= 0.3 is 0 Å². The van der Waals surface area contributed by atoms with Gasteiger partial charge in [0.1, 0.15) is 10.7 Å². The van der Waals surface area contributed by atoms with Gasteiger partial charge in [0.15, 0.2) is 11.5 Å². The van der Waals surface area contributed by atoms with Gasteiger partial charge in [0.05, 0.1) is 12.1 Å². The van der Waals surface area contributed by atoms with Crippen LogP contribution in [-0.2, 0) is 0 Å². The Morgan fingerprint density at radius 3 is 2.37 bits per heavy atom. The zero-order chi connectivity index (χ0) is 13.8. The van der Waals surface area contributed by atoms with Gasteiger partial charge in [0, 0.05) is 5.56 Å². The van der Waals surface area contributed by atoms with Crippen molar-refractivity contribution in [2.45, 2.75) is 0 Å². The molecule has 0 amide bonds. The van der Waals surface area contributed by atoms with Crippen LogP contribution >= 0.6 is 23.8 Å². The van der Waals surface area contributed by atoms with Gasteiger partial charge in [0.25, 0.3) is 0 Å². The Balaban J connectivity index is 2.31. The van der Waals surface area contributed by atoms with Crippen molar-refractivity contribution < 1.29 is 9.47 Å². The number of ether oxygens (including phenoxy) is 2. The van der Waals surface area contributed by atoms with Crippen molar-refractivity contribution in [3.05, 3.63) is 53.1 Å². The van der Waals surface area contributed by atoms with Crippen molar-refractivity contribution in [1.29, 1.82) is 0 Å². The number of hydrogen-bond donors (Lipinski definition) is 1. The maximum Gasteiger partial charge on any atom is 0.169 e. The maximum absolute atomic E-state index is 6.14. The van der Waals surface area contributed by atoms with Gasteiger partial charge in [-0.05, 0) is 30.3 Å². The number of nitrogens with two attached hydrogens (primary N) is 1. The van der Waals surface area contributed by atoms with Crippen LogP contribution in [0, 0.1) is 0 Å². The van der Waals surface area contributed by atoms with E-state index in [9.17, 15) is 0 Å². The molecule has 0 unspecified atom stereocenters. The average molecular weight is 294 g/mol. The second-order valence-electron chi connectivity index (χ2n) is 3.76. The highest BCUT2D eigenvalue weighted by Gasteiger charge is 2.09. The van der Waals surface area contributed by atoms with E-state index in [2.05, 4.69) is 0 Å². The Bertz CT molecular complexity index is 616. The fraction of sp³-hybridized carbons (Fsp3) is 0.0714. The third-order valence-corrected chi connectivity index (χ3v) is 3.04. The molecule has 0 atom stereocenters. The molecule has 2 aromatic rings. The molecule has 3 nitrogen and oxygen atoms in total. The molecule has 2 aromatic carbocycles. The summed E-state index contributed by atoms with van der Waals surface area (Å²) in [4.78, 5) is 0.297. The van der Waals surface area contributed by atoms with Crippen molar-refractivity contribution >= 4 is 28.8 Å². The number of benzene rings is 2. The molecule has 0 saturated heterocycles. The minimum atomic E-state index is 0.297. The zero-order valence-electron chi connectivity index (χ0n) is 10.2. The lowest BCUT2D eigenvalue weighted by atomic mass is 10.2. The van der Waals surface area contributed by atoms with Gasteiger partial charge in [-0.15, -0.1) is 0 Å². The van der Waals surface area contributed by atoms with Crippen molar-refractivity contribution in [2.75, 3.05) is 7.11 Å². The van der Waals surface area contributed by atoms with Crippen LogP contribution in [0.4, 0.5) is 0 Å². The highest BCUT2D eigenvalue weighted by Crippen LogP contribution is 2.35. The molecular formula is C14H12ClNO2S. The van der Waals surface area contributed by atoms with E-state index in [0.29, 0.717) is 32.8 Å². The van der Waals surface area contributed by atoms with Crippen LogP contribution in [0.3, 0.4) is 0 Å². The molecule has 0 bridgehead atoms. The number of halogens is 1. The van der Waals surface area contributed by atoms with Crippen LogP contribution in [0.15, 0.2) is 42.5 Å². The fourth-order valence-corrected chi connectivity index (χ4v) is 1.90. The van der Waals surface area contributed by atoms with Crippen LogP contribution in [0.1, 0.15) is 5.56 Å². The molecule has 2 N–H and O–H groups in total. The van der Waals surface area contributed by atoms with E-state index in [0.717, 1.165) is 0 Å². The Morgan fingerprint density at radius 2 is 1.79 bits per heavy atom. The molecule has 2 rings (SSSR count). The highest BCUT2D eigenvalue weighted by molar-refractivity contribution is 7.80. The van der Waals surface area contributed by atoms with E-state index in [-0.39, 0.29) is 0 Å². The smallest absolute Gasteiger partial charge is 0.169 e. The molecule has 0 saturated carbocycles. The van der Waals surface area contributed by atoms with E-state index >= 15 is 0 Å². The number of thiocarbonyl (C=S) groups is 1. The number of methoxy groups -OCH3 is 1. The fourth-order valence-electron chi connectivity index (χ4n) is 1.56. The molecular weight excluding hydrogens is 282 g/mol. The standard InChI is InChI=1S/C14H12ClNO2S/c1-17-12-4-2-3-5-13(12)18-11-7-6-9(14(16)19)8-10(11)15/h2-8H,1H3,(H2,16,19). The summed E-state index contributed by atoms with van der Waals surface area (Å²) in [6.07, 6.45) is 0. The Labute approximate surface area is 121 Å². The first kappa shape index (κ1) is 13.6. The molecule has 0 fully saturated rings. The van der Waals surface area contributed by atoms with Crippen LogP contribution in [0.25, 0.3) is 0 Å². The van der Waals surface area contributed by atoms with Crippen molar-refractivity contribution in [1.82, 2.24) is 0 Å². The topological polar surface area (TPSA) is 44.5 Å². The third kappa shape index (κ3) is 3.16.